The van der Waals surface area contributed by atoms with E-state index >= 15 is 0 Å². The van der Waals surface area contributed by atoms with Crippen LogP contribution in [0.25, 0.3) is 0 Å². The van der Waals surface area contributed by atoms with Gasteiger partial charge in [-0.3, -0.25) is 24.6 Å². The molecular weight excluding hydrogens is 486 g/mol. The number of carbonyl (C=O) groups excluding carboxylic acids is 3. The van der Waals surface area contributed by atoms with Crippen molar-refractivity contribution in [3.05, 3.63) is 65.7 Å². The van der Waals surface area contributed by atoms with Crippen LogP contribution in [0.4, 0.5) is 0 Å². The molecule has 2 atom stereocenters. The third kappa shape index (κ3) is 10.1. The Kier molecular flexibility index (Phi) is 10.6. The van der Waals surface area contributed by atoms with Crippen LogP contribution in [-0.2, 0) is 30.4 Å². The predicted molar refractivity (Wildman–Crippen MR) is 130 cm³/mol. The first-order valence-electron chi connectivity index (χ1n) is 11.0. The fraction of sp³-hybridized carbons (Fsp3) is 0.250. The quantitative estimate of drug-likeness (QED) is 0.124. The number of amides is 3. The molecule has 13 heteroatoms. The van der Waals surface area contributed by atoms with Crippen LogP contribution in [-0.4, -0.2) is 70.9 Å². The Bertz CT molecular complexity index is 1140. The number of hydrogen-bond acceptors (Lipinski definition) is 7. The lowest BCUT2D eigenvalue weighted by atomic mass is 10.1. The highest BCUT2D eigenvalue weighted by Gasteiger charge is 2.28. The van der Waals surface area contributed by atoms with E-state index < -0.39 is 61.3 Å². The Labute approximate surface area is 211 Å². The van der Waals surface area contributed by atoms with Crippen molar-refractivity contribution in [2.75, 3.05) is 13.2 Å². The van der Waals surface area contributed by atoms with Crippen LogP contribution >= 0.6 is 0 Å². The summed E-state index contributed by atoms with van der Waals surface area (Å²) in [6, 6.07) is 11.6. The summed E-state index contributed by atoms with van der Waals surface area (Å²) in [5.74, 6) is -5.06. The second-order valence-electron chi connectivity index (χ2n) is 7.81. The van der Waals surface area contributed by atoms with Crippen molar-refractivity contribution in [3.8, 4) is 5.75 Å². The lowest BCUT2D eigenvalue weighted by Crippen LogP contribution is -2.54. The maximum absolute atomic E-state index is 12.6. The summed E-state index contributed by atoms with van der Waals surface area (Å²) in [5, 5.41) is 32.6. The average molecular weight is 514 g/mol. The van der Waals surface area contributed by atoms with Gasteiger partial charge >= 0.3 is 11.9 Å². The van der Waals surface area contributed by atoms with E-state index in [0.717, 1.165) is 0 Å². The van der Waals surface area contributed by atoms with Gasteiger partial charge in [-0.2, -0.15) is 0 Å². The van der Waals surface area contributed by atoms with Crippen molar-refractivity contribution in [3.63, 3.8) is 0 Å². The monoisotopic (exact) mass is 513 g/mol. The van der Waals surface area contributed by atoms with E-state index in [4.69, 9.17) is 21.0 Å². The molecule has 8 N–H and O–H groups in total. The Balaban J connectivity index is 1.88. The van der Waals surface area contributed by atoms with Crippen molar-refractivity contribution in [1.82, 2.24) is 16.0 Å². The number of carboxylic acid groups (broad SMARTS) is 2. The first kappa shape index (κ1) is 28.3. The number of nitrogens with two attached hydrogens (primary N) is 1. The molecule has 0 aliphatic heterocycles. The minimum atomic E-state index is -1.57. The Morgan fingerprint density at radius 3 is 2.11 bits per heavy atom. The van der Waals surface area contributed by atoms with Crippen molar-refractivity contribution in [2.24, 2.45) is 5.73 Å². The fourth-order valence-electron chi connectivity index (χ4n) is 3.06. The van der Waals surface area contributed by atoms with E-state index in [1.54, 1.807) is 30.3 Å². The number of hydrogen-bond donors (Lipinski definition) is 7. The molecule has 3 amide bonds. The molecule has 0 bridgehead atoms. The van der Waals surface area contributed by atoms with Gasteiger partial charge in [0.25, 0.3) is 5.91 Å². The van der Waals surface area contributed by atoms with Crippen LogP contribution < -0.4 is 26.4 Å². The van der Waals surface area contributed by atoms with Crippen molar-refractivity contribution in [2.45, 2.75) is 24.9 Å². The standard InChI is InChI=1S/C24H27N5O8/c25-22(26)15-6-8-16(9-7-15)37-13-20(31)27-12-19(30)28-17(11-21(32)33)23(34)29-18(24(35)36)10-14-4-2-1-3-5-14/h1-9,17-18H,10-13H2,(H3,25,26)(H,27,31)(H,28,30)(H,29,34)(H,32,33)(H,35,36)/t17-,18-/m0/s1. The molecule has 0 spiro atoms. The molecule has 0 heterocycles. The summed E-state index contributed by atoms with van der Waals surface area (Å²) in [7, 11) is 0. The lowest BCUT2D eigenvalue weighted by Gasteiger charge is -2.20. The number of nitrogens with one attached hydrogen (secondary N) is 4. The fourth-order valence-corrected chi connectivity index (χ4v) is 3.06. The highest BCUT2D eigenvalue weighted by molar-refractivity contribution is 5.95. The second-order valence-corrected chi connectivity index (χ2v) is 7.81. The summed E-state index contributed by atoms with van der Waals surface area (Å²) in [6.07, 6.45) is -0.855. The Hall–Kier alpha value is -4.94. The van der Waals surface area contributed by atoms with Gasteiger partial charge in [-0.05, 0) is 29.8 Å². The molecule has 2 aromatic carbocycles. The van der Waals surface area contributed by atoms with Gasteiger partial charge in [-0.25, -0.2) is 4.79 Å². The summed E-state index contributed by atoms with van der Waals surface area (Å²) in [5.41, 5.74) is 6.47. The molecular formula is C24H27N5O8. The molecule has 37 heavy (non-hydrogen) atoms. The maximum atomic E-state index is 12.6. The van der Waals surface area contributed by atoms with Crippen LogP contribution in [0.15, 0.2) is 54.6 Å². The summed E-state index contributed by atoms with van der Waals surface area (Å²) in [4.78, 5) is 59.6. The first-order chi connectivity index (χ1) is 17.5. The second kappa shape index (κ2) is 13.8. The van der Waals surface area contributed by atoms with Gasteiger partial charge in [0, 0.05) is 12.0 Å². The van der Waals surface area contributed by atoms with E-state index in [9.17, 15) is 29.1 Å². The number of ether oxygens (including phenoxy) is 1. The Morgan fingerprint density at radius 2 is 1.54 bits per heavy atom. The minimum absolute atomic E-state index is 0.0524. The molecule has 196 valence electrons. The van der Waals surface area contributed by atoms with Crippen LogP contribution in [0.2, 0.25) is 0 Å². The SMILES string of the molecule is N=C(N)c1ccc(OCC(=O)NCC(=O)N[C@@H](CC(=O)O)C(=O)N[C@@H](Cc2ccccc2)C(=O)O)cc1. The number of nitrogen functional groups attached to an aromatic ring is 1. The molecule has 0 fully saturated rings. The predicted octanol–water partition coefficient (Wildman–Crippen LogP) is -0.763. The number of amidine groups is 1. The third-order valence-electron chi connectivity index (χ3n) is 4.91. The van der Waals surface area contributed by atoms with Crippen LogP contribution in [0.1, 0.15) is 17.5 Å². The zero-order valence-electron chi connectivity index (χ0n) is 19.6. The molecule has 2 rings (SSSR count). The van der Waals surface area contributed by atoms with Gasteiger partial charge in [0.15, 0.2) is 6.61 Å². The van der Waals surface area contributed by atoms with Gasteiger partial charge in [-0.15, -0.1) is 0 Å². The average Bonchev–Trinajstić information content (AvgIpc) is 2.85. The molecule has 0 radical (unpaired) electrons. The van der Waals surface area contributed by atoms with E-state index in [1.165, 1.54) is 24.3 Å². The molecule has 0 aromatic heterocycles. The van der Waals surface area contributed by atoms with Crippen LogP contribution in [0.5, 0.6) is 5.75 Å². The van der Waals surface area contributed by atoms with Gasteiger partial charge in [-0.1, -0.05) is 30.3 Å². The highest BCUT2D eigenvalue weighted by atomic mass is 16.5. The van der Waals surface area contributed by atoms with Crippen molar-refractivity contribution >= 4 is 35.5 Å². The third-order valence-corrected chi connectivity index (χ3v) is 4.91. The summed E-state index contributed by atoms with van der Waals surface area (Å²) >= 11 is 0. The molecule has 0 aliphatic rings. The molecule has 0 saturated carbocycles. The van der Waals surface area contributed by atoms with Crippen molar-refractivity contribution in [1.29, 1.82) is 5.41 Å². The molecule has 0 unspecified atom stereocenters. The van der Waals surface area contributed by atoms with E-state index in [1.807, 2.05) is 0 Å². The molecule has 0 saturated heterocycles. The summed E-state index contributed by atoms with van der Waals surface area (Å²) < 4.78 is 5.27. The van der Waals surface area contributed by atoms with Crippen molar-refractivity contribution < 1.29 is 38.9 Å². The summed E-state index contributed by atoms with van der Waals surface area (Å²) in [6.45, 7) is -1.02. The van der Waals surface area contributed by atoms with E-state index in [-0.39, 0.29) is 12.3 Å². The number of aliphatic carboxylic acids is 2. The van der Waals surface area contributed by atoms with Gasteiger partial charge in [0.1, 0.15) is 23.7 Å². The van der Waals surface area contributed by atoms with Gasteiger partial charge in [0.05, 0.1) is 13.0 Å². The first-order valence-corrected chi connectivity index (χ1v) is 11.0. The van der Waals surface area contributed by atoms with Gasteiger partial charge in [0.2, 0.25) is 11.8 Å². The number of benzene rings is 2. The van der Waals surface area contributed by atoms with Crippen LogP contribution in [0.3, 0.4) is 0 Å². The zero-order chi connectivity index (χ0) is 27.4. The minimum Gasteiger partial charge on any atom is -0.484 e. The normalized spacial score (nSPS) is 11.9. The largest absolute Gasteiger partial charge is 0.484 e. The van der Waals surface area contributed by atoms with Crippen LogP contribution in [0, 0.1) is 5.41 Å². The number of carboxylic acids is 2. The lowest BCUT2D eigenvalue weighted by molar-refractivity contribution is -0.143. The molecule has 0 aliphatic carbocycles. The maximum Gasteiger partial charge on any atom is 0.326 e. The number of rotatable bonds is 14. The van der Waals surface area contributed by atoms with E-state index in [2.05, 4.69) is 16.0 Å². The molecule has 13 nitrogen and oxygen atoms in total. The zero-order valence-corrected chi connectivity index (χ0v) is 19.6. The van der Waals surface area contributed by atoms with E-state index in [0.29, 0.717) is 16.9 Å². The smallest absolute Gasteiger partial charge is 0.326 e. The Morgan fingerprint density at radius 1 is 0.892 bits per heavy atom. The highest BCUT2D eigenvalue weighted by Crippen LogP contribution is 2.11. The van der Waals surface area contributed by atoms with Gasteiger partial charge < -0.3 is 36.6 Å². The topological polar surface area (TPSA) is 221 Å². The number of carbonyl (C=O) groups is 5. The molecule has 2 aromatic rings.